The summed E-state index contributed by atoms with van der Waals surface area (Å²) >= 11 is 0. The summed E-state index contributed by atoms with van der Waals surface area (Å²) in [5.41, 5.74) is 0. The molecule has 2 rings (SSSR count). The van der Waals surface area contributed by atoms with Crippen molar-refractivity contribution in [3.8, 4) is 5.75 Å². The lowest BCUT2D eigenvalue weighted by molar-refractivity contribution is -0.149. The summed E-state index contributed by atoms with van der Waals surface area (Å²) in [6, 6.07) is 8.26. The van der Waals surface area contributed by atoms with Gasteiger partial charge in [0.25, 0.3) is 5.91 Å². The van der Waals surface area contributed by atoms with Crippen LogP contribution in [-0.2, 0) is 24.2 Å². The zero-order valence-electron chi connectivity index (χ0n) is 12.8. The molecule has 0 saturated carbocycles. The van der Waals surface area contributed by atoms with E-state index < -0.39 is 27.8 Å². The van der Waals surface area contributed by atoms with E-state index in [1.807, 2.05) is 6.07 Å². The number of esters is 1. The molecule has 0 aliphatic carbocycles. The summed E-state index contributed by atoms with van der Waals surface area (Å²) < 4.78 is 33.2. The zero-order valence-corrected chi connectivity index (χ0v) is 13.6. The number of nitrogens with zero attached hydrogens (tertiary/aromatic N) is 1. The van der Waals surface area contributed by atoms with Gasteiger partial charge in [-0.3, -0.25) is 9.59 Å². The molecule has 1 amide bonds. The van der Waals surface area contributed by atoms with Gasteiger partial charge >= 0.3 is 5.97 Å². The fraction of sp³-hybridized carbons (Fsp3) is 0.467. The minimum atomic E-state index is -3.17. The third kappa shape index (κ3) is 4.95. The van der Waals surface area contributed by atoms with Crippen LogP contribution in [0.1, 0.15) is 6.42 Å². The quantitative estimate of drug-likeness (QED) is 0.689. The van der Waals surface area contributed by atoms with Crippen molar-refractivity contribution in [3.05, 3.63) is 30.3 Å². The van der Waals surface area contributed by atoms with Crippen molar-refractivity contribution in [2.75, 3.05) is 31.8 Å². The molecular formula is C15H19NO6S. The van der Waals surface area contributed by atoms with Gasteiger partial charge in [0.2, 0.25) is 0 Å². The maximum absolute atomic E-state index is 12.4. The summed E-state index contributed by atoms with van der Waals surface area (Å²) in [5, 5.41) is 0. The number of hydrogen-bond acceptors (Lipinski definition) is 6. The minimum Gasteiger partial charge on any atom is -0.484 e. The van der Waals surface area contributed by atoms with Gasteiger partial charge in [0, 0.05) is 6.04 Å². The van der Waals surface area contributed by atoms with Crippen LogP contribution in [0.5, 0.6) is 5.75 Å². The van der Waals surface area contributed by atoms with Gasteiger partial charge in [0.15, 0.2) is 16.4 Å². The number of para-hydroxylation sites is 1. The average Bonchev–Trinajstić information content (AvgIpc) is 2.90. The molecule has 23 heavy (non-hydrogen) atoms. The minimum absolute atomic E-state index is 0.0160. The molecule has 1 atom stereocenters. The molecular weight excluding hydrogens is 322 g/mol. The third-order valence-corrected chi connectivity index (χ3v) is 5.35. The molecule has 1 aliphatic heterocycles. The fourth-order valence-corrected chi connectivity index (χ4v) is 4.12. The molecule has 1 aromatic carbocycles. The van der Waals surface area contributed by atoms with Crippen LogP contribution < -0.4 is 4.74 Å². The van der Waals surface area contributed by atoms with Gasteiger partial charge in [0.1, 0.15) is 12.3 Å². The summed E-state index contributed by atoms with van der Waals surface area (Å²) in [4.78, 5) is 25.1. The van der Waals surface area contributed by atoms with Crippen LogP contribution in [0.4, 0.5) is 0 Å². The molecule has 0 unspecified atom stereocenters. The highest BCUT2D eigenvalue weighted by Gasteiger charge is 2.35. The van der Waals surface area contributed by atoms with Crippen molar-refractivity contribution in [2.45, 2.75) is 12.5 Å². The summed E-state index contributed by atoms with van der Waals surface area (Å²) in [7, 11) is -1.95. The molecule has 0 radical (unpaired) electrons. The first-order valence-corrected chi connectivity index (χ1v) is 8.98. The van der Waals surface area contributed by atoms with Crippen LogP contribution in [0.3, 0.4) is 0 Å². The first-order chi connectivity index (χ1) is 10.9. The largest absolute Gasteiger partial charge is 0.484 e. The average molecular weight is 341 g/mol. The van der Waals surface area contributed by atoms with E-state index in [1.54, 1.807) is 24.3 Å². The molecule has 1 aromatic rings. The molecule has 0 N–H and O–H groups in total. The molecule has 8 heteroatoms. The van der Waals surface area contributed by atoms with Crippen molar-refractivity contribution in [2.24, 2.45) is 0 Å². The van der Waals surface area contributed by atoms with Gasteiger partial charge in [-0.2, -0.15) is 0 Å². The number of methoxy groups -OCH3 is 1. The van der Waals surface area contributed by atoms with E-state index in [-0.39, 0.29) is 24.7 Å². The smallest absolute Gasteiger partial charge is 0.325 e. The maximum atomic E-state index is 12.4. The normalized spacial score (nSPS) is 19.1. The Balaban J connectivity index is 2.03. The Labute approximate surface area is 135 Å². The predicted molar refractivity (Wildman–Crippen MR) is 82.7 cm³/mol. The molecule has 126 valence electrons. The number of carbonyl (C=O) groups is 2. The Bertz CT molecular complexity index is 658. The summed E-state index contributed by atoms with van der Waals surface area (Å²) in [6.45, 7) is -0.550. The number of sulfone groups is 1. The van der Waals surface area contributed by atoms with E-state index in [1.165, 1.54) is 12.0 Å². The highest BCUT2D eigenvalue weighted by atomic mass is 32.2. The molecule has 1 saturated heterocycles. The fourth-order valence-electron chi connectivity index (χ4n) is 2.39. The van der Waals surface area contributed by atoms with Crippen molar-refractivity contribution in [3.63, 3.8) is 0 Å². The Morgan fingerprint density at radius 3 is 2.52 bits per heavy atom. The lowest BCUT2D eigenvalue weighted by Gasteiger charge is -2.27. The van der Waals surface area contributed by atoms with E-state index in [0.717, 1.165) is 0 Å². The number of hydrogen-bond donors (Lipinski definition) is 0. The van der Waals surface area contributed by atoms with Gasteiger partial charge in [-0.25, -0.2) is 8.42 Å². The second-order valence-corrected chi connectivity index (χ2v) is 7.49. The van der Waals surface area contributed by atoms with Crippen LogP contribution >= 0.6 is 0 Å². The van der Waals surface area contributed by atoms with Gasteiger partial charge in [-0.1, -0.05) is 18.2 Å². The Kier molecular flexibility index (Phi) is 5.59. The molecule has 1 fully saturated rings. The molecule has 0 bridgehead atoms. The molecule has 0 aromatic heterocycles. The molecule has 1 aliphatic rings. The summed E-state index contributed by atoms with van der Waals surface area (Å²) in [5.74, 6) is -0.634. The van der Waals surface area contributed by atoms with Gasteiger partial charge in [-0.15, -0.1) is 0 Å². The monoisotopic (exact) mass is 341 g/mol. The highest BCUT2D eigenvalue weighted by molar-refractivity contribution is 7.91. The number of carbonyl (C=O) groups excluding carboxylic acids is 2. The number of benzene rings is 1. The van der Waals surface area contributed by atoms with Gasteiger partial charge in [0.05, 0.1) is 18.6 Å². The van der Waals surface area contributed by atoms with E-state index in [2.05, 4.69) is 4.74 Å². The van der Waals surface area contributed by atoms with Crippen LogP contribution in [-0.4, -0.2) is 63.0 Å². The van der Waals surface area contributed by atoms with Crippen molar-refractivity contribution < 1.29 is 27.5 Å². The Morgan fingerprint density at radius 2 is 1.96 bits per heavy atom. The van der Waals surface area contributed by atoms with E-state index in [9.17, 15) is 18.0 Å². The van der Waals surface area contributed by atoms with Gasteiger partial charge in [-0.05, 0) is 18.6 Å². The van der Waals surface area contributed by atoms with Crippen molar-refractivity contribution >= 4 is 21.7 Å². The summed E-state index contributed by atoms with van der Waals surface area (Å²) in [6.07, 6.45) is 0.316. The zero-order chi connectivity index (χ0) is 16.9. The maximum Gasteiger partial charge on any atom is 0.325 e. The molecule has 0 spiro atoms. The number of amides is 1. The second kappa shape index (κ2) is 7.45. The van der Waals surface area contributed by atoms with Crippen LogP contribution in [0, 0.1) is 0 Å². The highest BCUT2D eigenvalue weighted by Crippen LogP contribution is 2.18. The first kappa shape index (κ1) is 17.3. The SMILES string of the molecule is COC(=O)CN(C(=O)COc1ccccc1)[C@H]1CCS(=O)(=O)C1. The van der Waals surface area contributed by atoms with Crippen LogP contribution in [0.2, 0.25) is 0 Å². The number of rotatable bonds is 6. The second-order valence-electron chi connectivity index (χ2n) is 5.26. The Morgan fingerprint density at radius 1 is 1.26 bits per heavy atom. The van der Waals surface area contributed by atoms with Crippen LogP contribution in [0.25, 0.3) is 0 Å². The van der Waals surface area contributed by atoms with Gasteiger partial charge < -0.3 is 14.4 Å². The lowest BCUT2D eigenvalue weighted by atomic mass is 10.2. The molecule has 1 heterocycles. The van der Waals surface area contributed by atoms with E-state index in [4.69, 9.17) is 4.74 Å². The number of ether oxygens (including phenoxy) is 2. The van der Waals surface area contributed by atoms with Crippen molar-refractivity contribution in [1.29, 1.82) is 0 Å². The standard InChI is InChI=1S/C15H19NO6S/c1-21-15(18)9-16(12-7-8-23(19,20)11-12)14(17)10-22-13-5-3-2-4-6-13/h2-6,12H,7-11H2,1H3/t12-/m0/s1. The molecule has 7 nitrogen and oxygen atoms in total. The van der Waals surface area contributed by atoms with Crippen LogP contribution in [0.15, 0.2) is 30.3 Å². The predicted octanol–water partition coefficient (Wildman–Crippen LogP) is 0.254. The topological polar surface area (TPSA) is 90.0 Å². The van der Waals surface area contributed by atoms with E-state index in [0.29, 0.717) is 12.2 Å². The van der Waals surface area contributed by atoms with E-state index >= 15 is 0 Å². The third-order valence-electron chi connectivity index (χ3n) is 3.60. The Hall–Kier alpha value is -2.09. The van der Waals surface area contributed by atoms with Crippen molar-refractivity contribution in [1.82, 2.24) is 4.90 Å². The lowest BCUT2D eigenvalue weighted by Crippen LogP contribution is -2.46. The first-order valence-electron chi connectivity index (χ1n) is 7.16.